The number of hydrogen-bond donors (Lipinski definition) is 1. The van der Waals surface area contributed by atoms with Crippen LogP contribution in [0.3, 0.4) is 0 Å². The molecule has 0 aromatic heterocycles. The summed E-state index contributed by atoms with van der Waals surface area (Å²) in [5.74, 6) is 0.483. The lowest BCUT2D eigenvalue weighted by molar-refractivity contribution is -0.144. The fourth-order valence-corrected chi connectivity index (χ4v) is 3.46. The van der Waals surface area contributed by atoms with Gasteiger partial charge in [0, 0.05) is 38.4 Å². The Kier molecular flexibility index (Phi) is 5.16. The summed E-state index contributed by atoms with van der Waals surface area (Å²) in [5, 5.41) is 2.69. The number of amides is 2. The van der Waals surface area contributed by atoms with Crippen LogP contribution < -0.4 is 14.8 Å². The summed E-state index contributed by atoms with van der Waals surface area (Å²) in [4.78, 5) is 28.6. The number of carbonyl (C=O) groups excluding carboxylic acids is 2. The SMILES string of the molecule is Cc1cccc(NC(=O)C(=O)N2CCN(Cc3ccc4c(c3)OCO4)CC2)c1. The number of benzene rings is 2. The van der Waals surface area contributed by atoms with Crippen molar-refractivity contribution < 1.29 is 19.1 Å². The molecule has 1 fully saturated rings. The van der Waals surface area contributed by atoms with Crippen LogP contribution in [0.1, 0.15) is 11.1 Å². The van der Waals surface area contributed by atoms with Gasteiger partial charge < -0.3 is 19.7 Å². The van der Waals surface area contributed by atoms with Gasteiger partial charge in [0.05, 0.1) is 0 Å². The number of ether oxygens (including phenoxy) is 2. The maximum absolute atomic E-state index is 12.4. The third-order valence-electron chi connectivity index (χ3n) is 4.97. The molecule has 2 heterocycles. The van der Waals surface area contributed by atoms with E-state index in [0.29, 0.717) is 18.8 Å². The third kappa shape index (κ3) is 4.09. The van der Waals surface area contributed by atoms with Gasteiger partial charge in [0.1, 0.15) is 0 Å². The van der Waals surface area contributed by atoms with Crippen LogP contribution in [0.5, 0.6) is 11.5 Å². The zero-order valence-corrected chi connectivity index (χ0v) is 15.8. The molecule has 0 saturated carbocycles. The molecule has 2 aromatic carbocycles. The van der Waals surface area contributed by atoms with Crippen molar-refractivity contribution in [3.63, 3.8) is 0 Å². The highest BCUT2D eigenvalue weighted by Gasteiger charge is 2.26. The molecular weight excluding hydrogens is 358 g/mol. The molecule has 0 aliphatic carbocycles. The first-order valence-corrected chi connectivity index (χ1v) is 9.36. The van der Waals surface area contributed by atoms with Crippen molar-refractivity contribution >= 4 is 17.5 Å². The fourth-order valence-electron chi connectivity index (χ4n) is 3.46. The van der Waals surface area contributed by atoms with Crippen molar-refractivity contribution in [1.82, 2.24) is 9.80 Å². The first-order valence-electron chi connectivity index (χ1n) is 9.36. The minimum atomic E-state index is -0.588. The van der Waals surface area contributed by atoms with Crippen molar-refractivity contribution in [2.45, 2.75) is 13.5 Å². The van der Waals surface area contributed by atoms with Crippen molar-refractivity contribution in [1.29, 1.82) is 0 Å². The summed E-state index contributed by atoms with van der Waals surface area (Å²) in [6.07, 6.45) is 0. The van der Waals surface area contributed by atoms with Gasteiger partial charge in [-0.05, 0) is 42.3 Å². The van der Waals surface area contributed by atoms with Crippen LogP contribution >= 0.6 is 0 Å². The van der Waals surface area contributed by atoms with Gasteiger partial charge in [0.2, 0.25) is 6.79 Å². The number of carbonyl (C=O) groups is 2. The molecule has 1 saturated heterocycles. The van der Waals surface area contributed by atoms with Gasteiger partial charge in [-0.3, -0.25) is 14.5 Å². The molecule has 0 unspecified atom stereocenters. The predicted octanol–water partition coefficient (Wildman–Crippen LogP) is 2.01. The maximum atomic E-state index is 12.4. The molecule has 0 radical (unpaired) electrons. The standard InChI is InChI=1S/C21H23N3O4/c1-15-3-2-4-17(11-15)22-20(25)21(26)24-9-7-23(8-10-24)13-16-5-6-18-19(12-16)28-14-27-18/h2-6,11-12H,7-10,13-14H2,1H3,(H,22,25). The summed E-state index contributed by atoms with van der Waals surface area (Å²) >= 11 is 0. The summed E-state index contributed by atoms with van der Waals surface area (Å²) in [6, 6.07) is 13.4. The number of fused-ring (bicyclic) bond motifs is 1. The summed E-state index contributed by atoms with van der Waals surface area (Å²) in [6.45, 7) is 5.49. The number of nitrogens with one attached hydrogen (secondary N) is 1. The Bertz CT molecular complexity index is 891. The molecule has 0 atom stereocenters. The minimum absolute atomic E-state index is 0.268. The zero-order chi connectivity index (χ0) is 19.5. The first-order chi connectivity index (χ1) is 13.6. The molecule has 7 heteroatoms. The smallest absolute Gasteiger partial charge is 0.313 e. The molecule has 2 aliphatic heterocycles. The molecule has 2 aromatic rings. The van der Waals surface area contributed by atoms with Crippen LogP contribution in [0.4, 0.5) is 5.69 Å². The zero-order valence-electron chi connectivity index (χ0n) is 15.8. The summed E-state index contributed by atoms with van der Waals surface area (Å²) in [7, 11) is 0. The minimum Gasteiger partial charge on any atom is -0.454 e. The lowest BCUT2D eigenvalue weighted by Crippen LogP contribution is -2.51. The summed E-state index contributed by atoms with van der Waals surface area (Å²) < 4.78 is 10.8. The predicted molar refractivity (Wildman–Crippen MR) is 104 cm³/mol. The normalized spacial score (nSPS) is 16.1. The van der Waals surface area contributed by atoms with Gasteiger partial charge >= 0.3 is 11.8 Å². The van der Waals surface area contributed by atoms with E-state index in [1.807, 2.05) is 43.3 Å². The third-order valence-corrected chi connectivity index (χ3v) is 4.97. The van der Waals surface area contributed by atoms with Crippen LogP contribution in [-0.2, 0) is 16.1 Å². The highest BCUT2D eigenvalue weighted by Crippen LogP contribution is 2.32. The van der Waals surface area contributed by atoms with Gasteiger partial charge in [0.25, 0.3) is 0 Å². The van der Waals surface area contributed by atoms with Crippen molar-refractivity contribution in [2.24, 2.45) is 0 Å². The molecule has 0 spiro atoms. The van der Waals surface area contributed by atoms with Gasteiger partial charge in [0.15, 0.2) is 11.5 Å². The molecule has 146 valence electrons. The number of nitrogens with zero attached hydrogens (tertiary/aromatic N) is 2. The van der Waals surface area contributed by atoms with Crippen LogP contribution in [0, 0.1) is 6.92 Å². The van der Waals surface area contributed by atoms with Crippen LogP contribution in [0.2, 0.25) is 0 Å². The number of hydrogen-bond acceptors (Lipinski definition) is 5. The molecule has 4 rings (SSSR count). The molecule has 1 N–H and O–H groups in total. The number of anilines is 1. The molecular formula is C21H23N3O4. The molecule has 2 amide bonds. The Balaban J connectivity index is 1.28. The Labute approximate surface area is 163 Å². The highest BCUT2D eigenvalue weighted by atomic mass is 16.7. The second-order valence-corrected chi connectivity index (χ2v) is 7.08. The van der Waals surface area contributed by atoms with Gasteiger partial charge in [-0.2, -0.15) is 0 Å². The van der Waals surface area contributed by atoms with Crippen LogP contribution in [0.15, 0.2) is 42.5 Å². The quantitative estimate of drug-likeness (QED) is 0.824. The van der Waals surface area contributed by atoms with E-state index < -0.39 is 11.8 Å². The van der Waals surface area contributed by atoms with E-state index in [4.69, 9.17) is 9.47 Å². The second kappa shape index (κ2) is 7.90. The van der Waals surface area contributed by atoms with Crippen molar-refractivity contribution in [3.8, 4) is 11.5 Å². The molecule has 7 nitrogen and oxygen atoms in total. The number of rotatable bonds is 3. The van der Waals surface area contributed by atoms with Crippen molar-refractivity contribution in [3.05, 3.63) is 53.6 Å². The van der Waals surface area contributed by atoms with E-state index >= 15 is 0 Å². The topological polar surface area (TPSA) is 71.1 Å². The first kappa shape index (κ1) is 18.3. The van der Waals surface area contributed by atoms with Crippen LogP contribution in [0.25, 0.3) is 0 Å². The lowest BCUT2D eigenvalue weighted by Gasteiger charge is -2.34. The fraction of sp³-hybridized carbons (Fsp3) is 0.333. The van der Waals surface area contributed by atoms with Gasteiger partial charge in [-0.1, -0.05) is 18.2 Å². The second-order valence-electron chi connectivity index (χ2n) is 7.08. The maximum Gasteiger partial charge on any atom is 0.313 e. The largest absolute Gasteiger partial charge is 0.454 e. The average Bonchev–Trinajstić information content (AvgIpc) is 3.16. The Morgan fingerprint density at radius 2 is 1.79 bits per heavy atom. The lowest BCUT2D eigenvalue weighted by atomic mass is 10.1. The molecule has 28 heavy (non-hydrogen) atoms. The van der Waals surface area contributed by atoms with E-state index in [-0.39, 0.29) is 6.79 Å². The number of piperazine rings is 1. The Hall–Kier alpha value is -3.06. The monoisotopic (exact) mass is 381 g/mol. The van der Waals surface area contributed by atoms with E-state index in [0.717, 1.165) is 42.3 Å². The van der Waals surface area contributed by atoms with E-state index in [1.54, 1.807) is 11.0 Å². The van der Waals surface area contributed by atoms with E-state index in [1.165, 1.54) is 0 Å². The van der Waals surface area contributed by atoms with Crippen molar-refractivity contribution in [2.75, 3.05) is 38.3 Å². The van der Waals surface area contributed by atoms with E-state index in [9.17, 15) is 9.59 Å². The number of aryl methyl sites for hydroxylation is 1. The Morgan fingerprint density at radius 3 is 2.57 bits per heavy atom. The Morgan fingerprint density at radius 1 is 1.00 bits per heavy atom. The molecule has 0 bridgehead atoms. The van der Waals surface area contributed by atoms with Crippen LogP contribution in [-0.4, -0.2) is 54.6 Å². The van der Waals surface area contributed by atoms with Gasteiger partial charge in [-0.15, -0.1) is 0 Å². The van der Waals surface area contributed by atoms with Gasteiger partial charge in [-0.25, -0.2) is 0 Å². The average molecular weight is 381 g/mol. The highest BCUT2D eigenvalue weighted by molar-refractivity contribution is 6.39. The molecule has 2 aliphatic rings. The van der Waals surface area contributed by atoms with E-state index in [2.05, 4.69) is 10.2 Å². The summed E-state index contributed by atoms with van der Waals surface area (Å²) in [5.41, 5.74) is 2.81.